The van der Waals surface area contributed by atoms with Gasteiger partial charge in [-0.1, -0.05) is 164 Å². The molecule has 1 aliphatic heterocycles. The number of rotatable bonds is 5. The van der Waals surface area contributed by atoms with E-state index in [1.165, 1.54) is 88.8 Å². The first-order valence-electron chi connectivity index (χ1n) is 21.6. The van der Waals surface area contributed by atoms with Crippen LogP contribution in [0, 0.1) is 0 Å². The summed E-state index contributed by atoms with van der Waals surface area (Å²) < 4.78 is 6.29. The van der Waals surface area contributed by atoms with E-state index in [9.17, 15) is 0 Å². The van der Waals surface area contributed by atoms with Gasteiger partial charge in [0.25, 0.3) is 0 Å². The predicted octanol–water partition coefficient (Wildman–Crippen LogP) is 14.7. The van der Waals surface area contributed by atoms with Crippen LogP contribution in [-0.2, 0) is 5.41 Å². The molecule has 8 aromatic carbocycles. The molecule has 0 fully saturated rings. The molecule has 0 amide bonds. The zero-order valence-electron chi connectivity index (χ0n) is 33.6. The first-order valence-corrected chi connectivity index (χ1v) is 21.6. The van der Waals surface area contributed by atoms with Crippen LogP contribution in [0.5, 0.6) is 5.75 Å². The van der Waals surface area contributed by atoms with E-state index in [0.29, 0.717) is 0 Å². The van der Waals surface area contributed by atoms with Crippen molar-refractivity contribution < 1.29 is 4.74 Å². The SMILES string of the molecule is C1=CC2Oc3ccc(-c4ccc(N(C5=CC6=C(CC5)c5ccccc5C65c6ccccc6-c6c5ccc5ccccc65)c5ccc(-c6ccccc6)cc5)cc4)cc3C2C=C1. The van der Waals surface area contributed by atoms with E-state index in [0.717, 1.165) is 30.0 Å². The van der Waals surface area contributed by atoms with Gasteiger partial charge in [0.2, 0.25) is 0 Å². The second-order valence-corrected chi connectivity index (χ2v) is 17.0. The van der Waals surface area contributed by atoms with Gasteiger partial charge in [-0.15, -0.1) is 0 Å². The molecular weight excluding hydrogens is 739 g/mol. The summed E-state index contributed by atoms with van der Waals surface area (Å²) in [6, 6.07) is 67.8. The Morgan fingerprint density at radius 1 is 0.508 bits per heavy atom. The molecule has 13 rings (SSSR count). The van der Waals surface area contributed by atoms with Crippen LogP contribution in [0.15, 0.2) is 224 Å². The molecule has 3 atom stereocenters. The van der Waals surface area contributed by atoms with Gasteiger partial charge in [0.1, 0.15) is 11.9 Å². The maximum atomic E-state index is 6.29. The number of hydrogen-bond acceptors (Lipinski definition) is 2. The Kier molecular flexibility index (Phi) is 7.51. The van der Waals surface area contributed by atoms with Crippen molar-refractivity contribution in [2.24, 2.45) is 0 Å². The van der Waals surface area contributed by atoms with Crippen molar-refractivity contribution in [1.29, 1.82) is 0 Å². The highest BCUT2D eigenvalue weighted by Gasteiger charge is 2.53. The van der Waals surface area contributed by atoms with Gasteiger partial charge in [-0.2, -0.15) is 0 Å². The molecular formula is C59H41NO. The minimum Gasteiger partial charge on any atom is -0.485 e. The zero-order chi connectivity index (χ0) is 40.1. The molecule has 2 heteroatoms. The average molecular weight is 780 g/mol. The number of fused-ring (bicyclic) bond motifs is 14. The van der Waals surface area contributed by atoms with Gasteiger partial charge in [0.15, 0.2) is 0 Å². The highest BCUT2D eigenvalue weighted by Crippen LogP contribution is 2.65. The normalized spacial score (nSPS) is 19.8. The smallest absolute Gasteiger partial charge is 0.128 e. The summed E-state index contributed by atoms with van der Waals surface area (Å²) in [6.07, 6.45) is 13.2. The second kappa shape index (κ2) is 13.3. The summed E-state index contributed by atoms with van der Waals surface area (Å²) in [6.45, 7) is 0. The third-order valence-corrected chi connectivity index (χ3v) is 14.0. The van der Waals surface area contributed by atoms with E-state index in [2.05, 4.69) is 217 Å². The van der Waals surface area contributed by atoms with Crippen molar-refractivity contribution in [1.82, 2.24) is 0 Å². The Labute approximate surface area is 356 Å². The molecule has 5 aliphatic rings. The lowest BCUT2D eigenvalue weighted by atomic mass is 9.68. The van der Waals surface area contributed by atoms with Crippen molar-refractivity contribution in [3.05, 3.63) is 251 Å². The van der Waals surface area contributed by atoms with Gasteiger partial charge in [0, 0.05) is 28.6 Å². The Balaban J connectivity index is 0.973. The fraction of sp³-hybridized carbons (Fsp3) is 0.0847. The van der Waals surface area contributed by atoms with E-state index < -0.39 is 5.41 Å². The summed E-state index contributed by atoms with van der Waals surface area (Å²) in [5, 5.41) is 2.60. The molecule has 0 bridgehead atoms. The van der Waals surface area contributed by atoms with E-state index >= 15 is 0 Å². The lowest BCUT2D eigenvalue weighted by molar-refractivity contribution is 0.269. The number of allylic oxidation sites excluding steroid dienone is 6. The third kappa shape index (κ3) is 5.03. The maximum absolute atomic E-state index is 6.29. The molecule has 8 aromatic rings. The Bertz CT molecular complexity index is 3220. The highest BCUT2D eigenvalue weighted by molar-refractivity contribution is 6.06. The molecule has 288 valence electrons. The monoisotopic (exact) mass is 779 g/mol. The van der Waals surface area contributed by atoms with Crippen LogP contribution in [0.1, 0.15) is 46.6 Å². The van der Waals surface area contributed by atoms with Gasteiger partial charge in [-0.25, -0.2) is 0 Å². The largest absolute Gasteiger partial charge is 0.485 e. The molecule has 3 unspecified atom stereocenters. The molecule has 61 heavy (non-hydrogen) atoms. The van der Waals surface area contributed by atoms with Crippen LogP contribution in [-0.4, -0.2) is 6.10 Å². The number of anilines is 2. The standard InChI is InChI=1S/C59H41NO/c1-2-12-38(13-3-1)39-22-28-43(29-23-39)60(44-30-24-40(25-31-44)42-27-35-57-51(36-42)49-17-8-11-21-56(49)61-57)45-32-33-48-47-16-6-9-19-52(47)59(55(48)37-45)53-20-10-7-18-50(53)58-46-15-5-4-14-41(46)26-34-54(58)59/h1-31,34-37,49,56H,32-33H2. The number of benzene rings is 8. The van der Waals surface area contributed by atoms with Crippen molar-refractivity contribution in [3.63, 3.8) is 0 Å². The Morgan fingerprint density at radius 3 is 1.95 bits per heavy atom. The molecule has 2 nitrogen and oxygen atoms in total. The second-order valence-electron chi connectivity index (χ2n) is 17.0. The number of hydrogen-bond donors (Lipinski definition) is 0. The molecule has 0 aromatic heterocycles. The van der Waals surface area contributed by atoms with Gasteiger partial charge in [-0.3, -0.25) is 0 Å². The van der Waals surface area contributed by atoms with Gasteiger partial charge >= 0.3 is 0 Å². The molecule has 0 saturated heterocycles. The van der Waals surface area contributed by atoms with Crippen molar-refractivity contribution in [2.75, 3.05) is 4.90 Å². The van der Waals surface area contributed by atoms with Crippen LogP contribution >= 0.6 is 0 Å². The maximum Gasteiger partial charge on any atom is 0.128 e. The Hall–Kier alpha value is -7.42. The van der Waals surface area contributed by atoms with Crippen molar-refractivity contribution >= 4 is 27.7 Å². The molecule has 4 aliphatic carbocycles. The van der Waals surface area contributed by atoms with Gasteiger partial charge in [0.05, 0.1) is 5.41 Å². The third-order valence-electron chi connectivity index (χ3n) is 14.0. The molecule has 1 spiro atoms. The van der Waals surface area contributed by atoms with Crippen LogP contribution in [0.25, 0.3) is 49.7 Å². The van der Waals surface area contributed by atoms with Gasteiger partial charge < -0.3 is 9.64 Å². The van der Waals surface area contributed by atoms with E-state index in [-0.39, 0.29) is 12.0 Å². The van der Waals surface area contributed by atoms with Crippen molar-refractivity contribution in [2.45, 2.75) is 30.3 Å². The summed E-state index contributed by atoms with van der Waals surface area (Å²) >= 11 is 0. The van der Waals surface area contributed by atoms with Crippen LogP contribution in [0.3, 0.4) is 0 Å². The lowest BCUT2D eigenvalue weighted by Gasteiger charge is -2.35. The predicted molar refractivity (Wildman–Crippen MR) is 251 cm³/mol. The van der Waals surface area contributed by atoms with Crippen LogP contribution in [0.2, 0.25) is 0 Å². The highest BCUT2D eigenvalue weighted by atomic mass is 16.5. The minimum absolute atomic E-state index is 0.0798. The zero-order valence-corrected chi connectivity index (χ0v) is 33.6. The first-order chi connectivity index (χ1) is 30.2. The minimum atomic E-state index is -0.417. The van der Waals surface area contributed by atoms with E-state index in [1.807, 2.05) is 0 Å². The van der Waals surface area contributed by atoms with Crippen molar-refractivity contribution in [3.8, 4) is 39.1 Å². The molecule has 0 N–H and O–H groups in total. The topological polar surface area (TPSA) is 12.5 Å². The summed E-state index contributed by atoms with van der Waals surface area (Å²) in [4.78, 5) is 2.52. The first kappa shape index (κ1) is 34.4. The number of nitrogens with zero attached hydrogens (tertiary/aromatic N) is 1. The van der Waals surface area contributed by atoms with Crippen LogP contribution in [0.4, 0.5) is 11.4 Å². The molecule has 0 saturated carbocycles. The summed E-state index contributed by atoms with van der Waals surface area (Å²) in [7, 11) is 0. The molecule has 1 heterocycles. The van der Waals surface area contributed by atoms with E-state index in [4.69, 9.17) is 4.74 Å². The quantitative estimate of drug-likeness (QED) is 0.172. The number of ether oxygens (including phenoxy) is 1. The van der Waals surface area contributed by atoms with E-state index in [1.54, 1.807) is 0 Å². The average Bonchev–Trinajstić information content (AvgIpc) is 3.96. The lowest BCUT2D eigenvalue weighted by Crippen LogP contribution is -2.28. The van der Waals surface area contributed by atoms with Crippen LogP contribution < -0.4 is 9.64 Å². The fourth-order valence-electron chi connectivity index (χ4n) is 11.3. The Morgan fingerprint density at radius 2 is 1.15 bits per heavy atom. The summed E-state index contributed by atoms with van der Waals surface area (Å²) in [5.41, 5.74) is 20.4. The van der Waals surface area contributed by atoms with Gasteiger partial charge in [-0.05, 0) is 139 Å². The summed E-state index contributed by atoms with van der Waals surface area (Å²) in [5.74, 6) is 1.25. The molecule has 0 radical (unpaired) electrons. The fourth-order valence-corrected chi connectivity index (χ4v) is 11.3.